The van der Waals surface area contributed by atoms with Crippen LogP contribution in [-0.4, -0.2) is 63.5 Å². The van der Waals surface area contributed by atoms with Crippen molar-refractivity contribution in [2.24, 2.45) is 0 Å². The Bertz CT molecular complexity index is 867. The summed E-state index contributed by atoms with van der Waals surface area (Å²) >= 11 is 0. The molecule has 1 N–H and O–H groups in total. The van der Waals surface area contributed by atoms with Crippen molar-refractivity contribution in [2.45, 2.75) is 33.7 Å². The second kappa shape index (κ2) is 12.5. The van der Waals surface area contributed by atoms with Crippen LogP contribution in [0.25, 0.3) is 0 Å². The lowest BCUT2D eigenvalue weighted by molar-refractivity contribution is 0.0162. The Morgan fingerprint density at radius 3 is 2.09 bits per heavy atom. The maximum Gasteiger partial charge on any atom is 0.251 e. The molecule has 0 spiro atoms. The van der Waals surface area contributed by atoms with Gasteiger partial charge in [-0.05, 0) is 45.4 Å². The fraction of sp³-hybridized carbons (Fsp3) is 0.500. The molecule has 1 heterocycles. The number of carbonyl (C=O) groups is 1. The van der Waals surface area contributed by atoms with Gasteiger partial charge in [-0.15, -0.1) is 0 Å². The molecule has 0 radical (unpaired) electrons. The number of benzene rings is 2. The fourth-order valence-electron chi connectivity index (χ4n) is 3.95. The minimum atomic E-state index is -0.176. The van der Waals surface area contributed by atoms with Gasteiger partial charge in [-0.1, -0.05) is 29.8 Å². The molecule has 180 valence electrons. The van der Waals surface area contributed by atoms with Gasteiger partial charge >= 0.3 is 0 Å². The Morgan fingerprint density at radius 1 is 0.970 bits per heavy atom. The third kappa shape index (κ3) is 6.62. The molecule has 7 heteroatoms. The van der Waals surface area contributed by atoms with Crippen LogP contribution >= 0.6 is 0 Å². The van der Waals surface area contributed by atoms with Gasteiger partial charge in [0.2, 0.25) is 5.75 Å². The van der Waals surface area contributed by atoms with Crippen LogP contribution in [0, 0.1) is 6.92 Å². The van der Waals surface area contributed by atoms with Crippen LogP contribution in [0.4, 0.5) is 0 Å². The predicted molar refractivity (Wildman–Crippen MR) is 129 cm³/mol. The Kier molecular flexibility index (Phi) is 9.39. The van der Waals surface area contributed by atoms with E-state index in [1.54, 1.807) is 12.1 Å². The molecule has 2 aromatic rings. The molecule has 1 fully saturated rings. The van der Waals surface area contributed by atoms with Crippen LogP contribution in [0.2, 0.25) is 0 Å². The second-order valence-corrected chi connectivity index (χ2v) is 7.89. The molecule has 7 nitrogen and oxygen atoms in total. The Balaban J connectivity index is 1.82. The van der Waals surface area contributed by atoms with Crippen LogP contribution < -0.4 is 19.5 Å². The summed E-state index contributed by atoms with van der Waals surface area (Å²) in [4.78, 5) is 15.6. The molecule has 0 bridgehead atoms. The number of hydrogen-bond donors (Lipinski definition) is 1. The molecule has 3 rings (SSSR count). The van der Waals surface area contributed by atoms with E-state index in [2.05, 4.69) is 41.4 Å². The van der Waals surface area contributed by atoms with E-state index in [1.807, 2.05) is 20.8 Å². The molecule has 1 unspecified atom stereocenters. The zero-order chi connectivity index (χ0) is 23.6. The van der Waals surface area contributed by atoms with Crippen LogP contribution in [0.3, 0.4) is 0 Å². The third-order valence-corrected chi connectivity index (χ3v) is 5.58. The first kappa shape index (κ1) is 24.9. The van der Waals surface area contributed by atoms with E-state index < -0.39 is 0 Å². The van der Waals surface area contributed by atoms with E-state index in [9.17, 15) is 4.79 Å². The third-order valence-electron chi connectivity index (χ3n) is 5.58. The molecule has 0 saturated carbocycles. The summed E-state index contributed by atoms with van der Waals surface area (Å²) in [5.41, 5.74) is 2.87. The lowest BCUT2D eigenvalue weighted by atomic mass is 10.0. The largest absolute Gasteiger partial charge is 0.490 e. The summed E-state index contributed by atoms with van der Waals surface area (Å²) in [7, 11) is 0. The minimum Gasteiger partial charge on any atom is -0.490 e. The van der Waals surface area contributed by atoms with Crippen molar-refractivity contribution < 1.29 is 23.7 Å². The number of ether oxygens (including phenoxy) is 4. The quantitative estimate of drug-likeness (QED) is 0.551. The Morgan fingerprint density at radius 2 is 1.55 bits per heavy atom. The summed E-state index contributed by atoms with van der Waals surface area (Å²) in [5, 5.41) is 3.13. The summed E-state index contributed by atoms with van der Waals surface area (Å²) in [5.74, 6) is 1.38. The summed E-state index contributed by atoms with van der Waals surface area (Å²) < 4.78 is 22.8. The van der Waals surface area contributed by atoms with E-state index in [4.69, 9.17) is 18.9 Å². The zero-order valence-corrected chi connectivity index (χ0v) is 20.2. The van der Waals surface area contributed by atoms with E-state index in [0.717, 1.165) is 13.1 Å². The molecule has 1 amide bonds. The molecule has 1 aliphatic rings. The van der Waals surface area contributed by atoms with Gasteiger partial charge < -0.3 is 24.3 Å². The standard InChI is InChI=1S/C26H36N2O5/c1-5-31-23-16-21(17-24(32-6-2)25(23)33-7-3)26(29)27-18-22(28-12-14-30-15-13-28)20-10-8-19(4)9-11-20/h8-11,16-17,22H,5-7,12-15,18H2,1-4H3,(H,27,29). The molecule has 33 heavy (non-hydrogen) atoms. The van der Waals surface area contributed by atoms with Crippen LogP contribution in [0.1, 0.15) is 48.3 Å². The summed E-state index contributed by atoms with van der Waals surface area (Å²) in [6, 6.07) is 12.0. The van der Waals surface area contributed by atoms with Gasteiger partial charge in [0.05, 0.1) is 39.1 Å². The SMILES string of the molecule is CCOc1cc(C(=O)NCC(c2ccc(C)cc2)N2CCOCC2)cc(OCC)c1OCC. The smallest absolute Gasteiger partial charge is 0.251 e. The highest BCUT2D eigenvalue weighted by Crippen LogP contribution is 2.39. The number of carbonyl (C=O) groups excluding carboxylic acids is 1. The highest BCUT2D eigenvalue weighted by molar-refractivity contribution is 5.95. The number of hydrogen-bond acceptors (Lipinski definition) is 6. The summed E-state index contributed by atoms with van der Waals surface area (Å²) in [6.45, 7) is 12.7. The van der Waals surface area contributed by atoms with Gasteiger partial charge in [-0.25, -0.2) is 0 Å². The number of nitrogens with zero attached hydrogens (tertiary/aromatic N) is 1. The second-order valence-electron chi connectivity index (χ2n) is 7.89. The van der Waals surface area contributed by atoms with Crippen LogP contribution in [0.5, 0.6) is 17.2 Å². The molecule has 1 atom stereocenters. The number of amides is 1. The zero-order valence-electron chi connectivity index (χ0n) is 20.2. The maximum absolute atomic E-state index is 13.2. The van der Waals surface area contributed by atoms with Gasteiger partial charge in [0, 0.05) is 25.2 Å². The normalized spacial score (nSPS) is 15.0. The van der Waals surface area contributed by atoms with Crippen molar-refractivity contribution in [3.63, 3.8) is 0 Å². The molecule has 0 aliphatic carbocycles. The lowest BCUT2D eigenvalue weighted by Crippen LogP contribution is -2.43. The molecular weight excluding hydrogens is 420 g/mol. The Labute approximate surface area is 197 Å². The number of nitrogens with one attached hydrogen (secondary N) is 1. The van der Waals surface area contributed by atoms with Crippen LogP contribution in [0.15, 0.2) is 36.4 Å². The average Bonchev–Trinajstić information content (AvgIpc) is 2.83. The van der Waals surface area contributed by atoms with Crippen molar-refractivity contribution in [3.05, 3.63) is 53.1 Å². The van der Waals surface area contributed by atoms with Gasteiger partial charge in [0.15, 0.2) is 11.5 Å². The molecular formula is C26H36N2O5. The van der Waals surface area contributed by atoms with Crippen molar-refractivity contribution in [3.8, 4) is 17.2 Å². The monoisotopic (exact) mass is 456 g/mol. The molecule has 1 saturated heterocycles. The highest BCUT2D eigenvalue weighted by Gasteiger charge is 2.24. The topological polar surface area (TPSA) is 69.3 Å². The van der Waals surface area contributed by atoms with E-state index >= 15 is 0 Å². The maximum atomic E-state index is 13.2. The first-order valence-corrected chi connectivity index (χ1v) is 11.8. The predicted octanol–water partition coefficient (Wildman–Crippen LogP) is 3.99. The van der Waals surface area contributed by atoms with Crippen molar-refractivity contribution >= 4 is 5.91 Å². The van der Waals surface area contributed by atoms with E-state index in [0.29, 0.717) is 62.4 Å². The Hall–Kier alpha value is -2.77. The first-order valence-electron chi connectivity index (χ1n) is 11.8. The molecule has 0 aromatic heterocycles. The minimum absolute atomic E-state index is 0.0684. The first-order chi connectivity index (χ1) is 16.1. The van der Waals surface area contributed by atoms with Crippen molar-refractivity contribution in [1.82, 2.24) is 10.2 Å². The van der Waals surface area contributed by atoms with E-state index in [1.165, 1.54) is 11.1 Å². The van der Waals surface area contributed by atoms with Gasteiger partial charge in [-0.2, -0.15) is 0 Å². The number of rotatable bonds is 11. The van der Waals surface area contributed by atoms with Gasteiger partial charge in [-0.3, -0.25) is 9.69 Å². The van der Waals surface area contributed by atoms with Crippen molar-refractivity contribution in [2.75, 3.05) is 52.7 Å². The highest BCUT2D eigenvalue weighted by atomic mass is 16.5. The fourth-order valence-corrected chi connectivity index (χ4v) is 3.95. The number of aryl methyl sites for hydroxylation is 1. The van der Waals surface area contributed by atoms with E-state index in [-0.39, 0.29) is 11.9 Å². The lowest BCUT2D eigenvalue weighted by Gasteiger charge is -2.35. The van der Waals surface area contributed by atoms with Gasteiger partial charge in [0.25, 0.3) is 5.91 Å². The summed E-state index contributed by atoms with van der Waals surface area (Å²) in [6.07, 6.45) is 0. The average molecular weight is 457 g/mol. The van der Waals surface area contributed by atoms with Gasteiger partial charge in [0.1, 0.15) is 0 Å². The molecule has 2 aromatic carbocycles. The van der Waals surface area contributed by atoms with Crippen LogP contribution in [-0.2, 0) is 4.74 Å². The number of morpholine rings is 1. The molecule has 1 aliphatic heterocycles. The van der Waals surface area contributed by atoms with Crippen molar-refractivity contribution in [1.29, 1.82) is 0 Å².